The first-order valence-corrected chi connectivity index (χ1v) is 5.23. The van der Waals surface area contributed by atoms with Crippen LogP contribution in [0.2, 0.25) is 0 Å². The van der Waals surface area contributed by atoms with Gasteiger partial charge in [-0.2, -0.15) is 0 Å². The number of halogens is 1. The van der Waals surface area contributed by atoms with Gasteiger partial charge in [0.2, 0.25) is 0 Å². The minimum atomic E-state index is 0.224. The van der Waals surface area contributed by atoms with Gasteiger partial charge in [0.1, 0.15) is 0 Å². The highest BCUT2D eigenvalue weighted by molar-refractivity contribution is 9.10. The van der Waals surface area contributed by atoms with Gasteiger partial charge in [-0.3, -0.25) is 0 Å². The summed E-state index contributed by atoms with van der Waals surface area (Å²) in [6, 6.07) is 8.30. The highest BCUT2D eigenvalue weighted by atomic mass is 79.9. The lowest BCUT2D eigenvalue weighted by Crippen LogP contribution is -2.33. The van der Waals surface area contributed by atoms with Crippen LogP contribution < -0.4 is 5.32 Å². The molecule has 1 aromatic carbocycles. The lowest BCUT2D eigenvalue weighted by atomic mass is 10.1. The van der Waals surface area contributed by atoms with Crippen LogP contribution in [-0.4, -0.2) is 19.7 Å². The van der Waals surface area contributed by atoms with Crippen molar-refractivity contribution in [2.45, 2.75) is 6.10 Å². The quantitative estimate of drug-likeness (QED) is 0.814. The van der Waals surface area contributed by atoms with E-state index in [9.17, 15) is 0 Å². The molecule has 1 fully saturated rings. The molecule has 1 aliphatic heterocycles. The summed E-state index contributed by atoms with van der Waals surface area (Å²) in [4.78, 5) is 0. The molecule has 1 aliphatic rings. The average Bonchev–Trinajstić information content (AvgIpc) is 2.20. The maximum absolute atomic E-state index is 5.63. The zero-order chi connectivity index (χ0) is 9.10. The molecule has 0 saturated carbocycles. The van der Waals surface area contributed by atoms with E-state index >= 15 is 0 Å². The van der Waals surface area contributed by atoms with E-state index in [4.69, 9.17) is 4.74 Å². The molecule has 0 unspecified atom stereocenters. The van der Waals surface area contributed by atoms with Crippen molar-refractivity contribution < 1.29 is 4.74 Å². The Labute approximate surface area is 86.4 Å². The van der Waals surface area contributed by atoms with E-state index in [-0.39, 0.29) is 6.10 Å². The number of benzene rings is 1. The SMILES string of the molecule is Brc1ccc([C@@H]2CNCCO2)cc1. The largest absolute Gasteiger partial charge is 0.371 e. The first-order valence-electron chi connectivity index (χ1n) is 4.44. The second-order valence-electron chi connectivity index (χ2n) is 3.12. The molecule has 1 saturated heterocycles. The van der Waals surface area contributed by atoms with E-state index in [1.54, 1.807) is 0 Å². The molecule has 3 heteroatoms. The Morgan fingerprint density at radius 3 is 2.69 bits per heavy atom. The smallest absolute Gasteiger partial charge is 0.0949 e. The lowest BCUT2D eigenvalue weighted by molar-refractivity contribution is 0.0277. The first kappa shape index (κ1) is 9.19. The van der Waals surface area contributed by atoms with Gasteiger partial charge in [-0.15, -0.1) is 0 Å². The standard InChI is InChI=1S/C10H12BrNO/c11-9-3-1-8(2-4-9)10-7-12-5-6-13-10/h1-4,10,12H,5-7H2/t10-/m0/s1. The molecule has 0 aromatic heterocycles. The molecule has 0 bridgehead atoms. The van der Waals surface area contributed by atoms with Crippen LogP contribution in [0.15, 0.2) is 28.7 Å². The molecule has 1 heterocycles. The normalized spacial score (nSPS) is 23.0. The van der Waals surface area contributed by atoms with Gasteiger partial charge in [-0.1, -0.05) is 28.1 Å². The van der Waals surface area contributed by atoms with Crippen LogP contribution in [0.4, 0.5) is 0 Å². The van der Waals surface area contributed by atoms with Crippen LogP contribution in [0.1, 0.15) is 11.7 Å². The predicted octanol–water partition coefficient (Wildman–Crippen LogP) is 2.11. The van der Waals surface area contributed by atoms with Crippen LogP contribution in [0, 0.1) is 0 Å². The highest BCUT2D eigenvalue weighted by Crippen LogP contribution is 2.20. The van der Waals surface area contributed by atoms with Gasteiger partial charge in [0.15, 0.2) is 0 Å². The Hall–Kier alpha value is -0.380. The highest BCUT2D eigenvalue weighted by Gasteiger charge is 2.14. The third-order valence-electron chi connectivity index (χ3n) is 2.17. The van der Waals surface area contributed by atoms with Gasteiger partial charge in [0, 0.05) is 17.6 Å². The summed E-state index contributed by atoms with van der Waals surface area (Å²) in [5, 5.41) is 3.31. The molecule has 0 aliphatic carbocycles. The van der Waals surface area contributed by atoms with E-state index < -0.39 is 0 Å². The predicted molar refractivity (Wildman–Crippen MR) is 55.7 cm³/mol. The second-order valence-corrected chi connectivity index (χ2v) is 4.03. The number of hydrogen-bond donors (Lipinski definition) is 1. The Kier molecular flexibility index (Phi) is 2.98. The zero-order valence-electron chi connectivity index (χ0n) is 7.29. The van der Waals surface area contributed by atoms with Crippen LogP contribution in [-0.2, 0) is 4.74 Å². The molecule has 2 rings (SSSR count). The third kappa shape index (κ3) is 2.30. The number of ether oxygens (including phenoxy) is 1. The molecule has 0 radical (unpaired) electrons. The number of nitrogens with one attached hydrogen (secondary N) is 1. The Morgan fingerprint density at radius 2 is 2.08 bits per heavy atom. The molecule has 70 valence electrons. The van der Waals surface area contributed by atoms with Crippen molar-refractivity contribution in [2.75, 3.05) is 19.7 Å². The van der Waals surface area contributed by atoms with E-state index in [0.717, 1.165) is 24.2 Å². The van der Waals surface area contributed by atoms with Gasteiger partial charge >= 0.3 is 0 Å². The molecule has 2 nitrogen and oxygen atoms in total. The van der Waals surface area contributed by atoms with E-state index in [2.05, 4.69) is 33.4 Å². The number of hydrogen-bond acceptors (Lipinski definition) is 2. The molecule has 13 heavy (non-hydrogen) atoms. The maximum atomic E-state index is 5.63. The van der Waals surface area contributed by atoms with E-state index in [0.29, 0.717) is 0 Å². The fraction of sp³-hybridized carbons (Fsp3) is 0.400. The second kappa shape index (κ2) is 4.22. The molecule has 1 atom stereocenters. The topological polar surface area (TPSA) is 21.3 Å². The fourth-order valence-electron chi connectivity index (χ4n) is 1.46. The molecular formula is C10H12BrNO. The fourth-order valence-corrected chi connectivity index (χ4v) is 1.72. The summed E-state index contributed by atoms with van der Waals surface area (Å²) >= 11 is 3.41. The van der Waals surface area contributed by atoms with Gasteiger partial charge in [0.05, 0.1) is 12.7 Å². The van der Waals surface area contributed by atoms with Gasteiger partial charge in [-0.05, 0) is 17.7 Å². The van der Waals surface area contributed by atoms with E-state index in [1.807, 2.05) is 12.1 Å². The number of rotatable bonds is 1. The minimum absolute atomic E-state index is 0.224. The van der Waals surface area contributed by atoms with Gasteiger partial charge in [0.25, 0.3) is 0 Å². The molecule has 0 amide bonds. The molecule has 1 aromatic rings. The molecule has 0 spiro atoms. The zero-order valence-corrected chi connectivity index (χ0v) is 8.88. The summed E-state index contributed by atoms with van der Waals surface area (Å²) < 4.78 is 6.74. The first-order chi connectivity index (χ1) is 6.36. The maximum Gasteiger partial charge on any atom is 0.0949 e. The van der Waals surface area contributed by atoms with Crippen LogP contribution >= 0.6 is 15.9 Å². The van der Waals surface area contributed by atoms with E-state index in [1.165, 1.54) is 5.56 Å². The molecular weight excluding hydrogens is 230 g/mol. The molecule has 1 N–H and O–H groups in total. The summed E-state index contributed by atoms with van der Waals surface area (Å²) in [5.41, 5.74) is 1.25. The van der Waals surface area contributed by atoms with Crippen molar-refractivity contribution in [1.82, 2.24) is 5.32 Å². The summed E-state index contributed by atoms with van der Waals surface area (Å²) in [6.45, 7) is 2.69. The van der Waals surface area contributed by atoms with Crippen molar-refractivity contribution in [3.05, 3.63) is 34.3 Å². The Bertz CT molecular complexity index is 267. The summed E-state index contributed by atoms with van der Waals surface area (Å²) in [5.74, 6) is 0. The van der Waals surface area contributed by atoms with Crippen LogP contribution in [0.3, 0.4) is 0 Å². The minimum Gasteiger partial charge on any atom is -0.371 e. The van der Waals surface area contributed by atoms with Crippen molar-refractivity contribution in [3.8, 4) is 0 Å². The summed E-state index contributed by atoms with van der Waals surface area (Å²) in [6.07, 6.45) is 0.224. The van der Waals surface area contributed by atoms with Crippen LogP contribution in [0.5, 0.6) is 0 Å². The average molecular weight is 242 g/mol. The number of morpholine rings is 1. The summed E-state index contributed by atoms with van der Waals surface area (Å²) in [7, 11) is 0. The lowest BCUT2D eigenvalue weighted by Gasteiger charge is -2.23. The van der Waals surface area contributed by atoms with Gasteiger partial charge in [-0.25, -0.2) is 0 Å². The Balaban J connectivity index is 2.10. The third-order valence-corrected chi connectivity index (χ3v) is 2.70. The van der Waals surface area contributed by atoms with Crippen LogP contribution in [0.25, 0.3) is 0 Å². The van der Waals surface area contributed by atoms with Crippen molar-refractivity contribution >= 4 is 15.9 Å². The van der Waals surface area contributed by atoms with Gasteiger partial charge < -0.3 is 10.1 Å². The van der Waals surface area contributed by atoms with Crippen molar-refractivity contribution in [2.24, 2.45) is 0 Å². The van der Waals surface area contributed by atoms with Crippen molar-refractivity contribution in [1.29, 1.82) is 0 Å². The Morgan fingerprint density at radius 1 is 1.31 bits per heavy atom. The van der Waals surface area contributed by atoms with Crippen molar-refractivity contribution in [3.63, 3.8) is 0 Å². The monoisotopic (exact) mass is 241 g/mol.